The van der Waals surface area contributed by atoms with Crippen molar-refractivity contribution in [3.05, 3.63) is 12.2 Å². The molecule has 10 nitrogen and oxygen atoms in total. The molecular formula is C14H21N7O3. The molecule has 3 heterocycles. The van der Waals surface area contributed by atoms with E-state index in [1.54, 1.807) is 0 Å². The Labute approximate surface area is 138 Å². The van der Waals surface area contributed by atoms with Crippen LogP contribution in [-0.2, 0) is 4.74 Å². The molecule has 2 aromatic heterocycles. The number of nitrogens with one attached hydrogen (secondary N) is 3. The molecule has 1 aliphatic rings. The molecule has 10 heteroatoms. The molecule has 1 fully saturated rings. The largest absolute Gasteiger partial charge is 0.376 e. The van der Waals surface area contributed by atoms with Crippen molar-refractivity contribution in [3.63, 3.8) is 0 Å². The minimum Gasteiger partial charge on any atom is -0.376 e. The van der Waals surface area contributed by atoms with Crippen molar-refractivity contribution in [2.24, 2.45) is 5.92 Å². The van der Waals surface area contributed by atoms with E-state index in [1.165, 1.54) is 6.33 Å². The molecule has 130 valence electrons. The molecule has 3 N–H and O–H groups in total. The van der Waals surface area contributed by atoms with Crippen LogP contribution in [0.25, 0.3) is 11.6 Å². The van der Waals surface area contributed by atoms with E-state index in [-0.39, 0.29) is 18.1 Å². The van der Waals surface area contributed by atoms with Gasteiger partial charge >= 0.3 is 6.03 Å². The second-order valence-corrected chi connectivity index (χ2v) is 6.00. The zero-order valence-corrected chi connectivity index (χ0v) is 13.7. The fraction of sp³-hybridized carbons (Fsp3) is 0.643. The van der Waals surface area contributed by atoms with Crippen LogP contribution in [0.2, 0.25) is 0 Å². The minimum absolute atomic E-state index is 0.0708. The maximum Gasteiger partial charge on any atom is 0.315 e. The van der Waals surface area contributed by atoms with Crippen LogP contribution in [0.1, 0.15) is 38.6 Å². The molecule has 0 radical (unpaired) electrons. The summed E-state index contributed by atoms with van der Waals surface area (Å²) in [5.41, 5.74) is 0. The molecule has 1 saturated heterocycles. The van der Waals surface area contributed by atoms with Gasteiger partial charge in [0.2, 0.25) is 11.7 Å². The van der Waals surface area contributed by atoms with Gasteiger partial charge in [0.25, 0.3) is 0 Å². The molecule has 2 aromatic rings. The Bertz CT molecular complexity index is 649. The van der Waals surface area contributed by atoms with Crippen LogP contribution in [0, 0.1) is 5.92 Å². The second-order valence-electron chi connectivity index (χ2n) is 6.00. The van der Waals surface area contributed by atoms with Crippen molar-refractivity contribution in [1.29, 1.82) is 0 Å². The van der Waals surface area contributed by atoms with E-state index in [4.69, 9.17) is 9.26 Å². The summed E-state index contributed by atoms with van der Waals surface area (Å²) in [6, 6.07) is -0.692. The lowest BCUT2D eigenvalue weighted by molar-refractivity contribution is 0.111. The predicted molar refractivity (Wildman–Crippen MR) is 82.8 cm³/mol. The summed E-state index contributed by atoms with van der Waals surface area (Å²) in [5.74, 6) is 1.11. The highest BCUT2D eigenvalue weighted by Crippen LogP contribution is 2.22. The first-order valence-corrected chi connectivity index (χ1v) is 7.99. The second kappa shape index (κ2) is 7.39. The van der Waals surface area contributed by atoms with Crippen LogP contribution in [0.4, 0.5) is 4.79 Å². The summed E-state index contributed by atoms with van der Waals surface area (Å²) in [6.45, 7) is 5.17. The Morgan fingerprint density at radius 3 is 3.04 bits per heavy atom. The van der Waals surface area contributed by atoms with Gasteiger partial charge in [-0.05, 0) is 18.8 Å². The predicted octanol–water partition coefficient (Wildman–Crippen LogP) is 1.03. The molecule has 1 aliphatic heterocycles. The van der Waals surface area contributed by atoms with Crippen molar-refractivity contribution >= 4 is 6.03 Å². The molecule has 0 bridgehead atoms. The number of H-pyrrole nitrogens is 1. The van der Waals surface area contributed by atoms with Crippen LogP contribution in [-0.4, -0.2) is 50.6 Å². The number of amides is 2. The maximum atomic E-state index is 12.1. The molecule has 2 amide bonds. The summed E-state index contributed by atoms with van der Waals surface area (Å²) in [7, 11) is 0. The van der Waals surface area contributed by atoms with Gasteiger partial charge in [-0.1, -0.05) is 19.0 Å². The summed E-state index contributed by atoms with van der Waals surface area (Å²) in [5, 5.41) is 16.0. The molecule has 0 spiro atoms. The number of nitrogens with zero attached hydrogens (tertiary/aromatic N) is 4. The van der Waals surface area contributed by atoms with E-state index >= 15 is 0 Å². The van der Waals surface area contributed by atoms with E-state index in [9.17, 15) is 4.79 Å². The summed E-state index contributed by atoms with van der Waals surface area (Å²) < 4.78 is 10.8. The van der Waals surface area contributed by atoms with Gasteiger partial charge in [0, 0.05) is 13.2 Å². The standard InChI is InChI=1S/C14H21N7O3/c1-8(2)10(18-14(22)15-6-9-4-3-5-23-9)13-19-12(21-24-13)11-16-7-17-20-11/h7-10H,3-6H2,1-2H3,(H2,15,18,22)(H,16,17,20)/t9-,10-/m0/s1. The molecule has 24 heavy (non-hydrogen) atoms. The highest BCUT2D eigenvalue weighted by molar-refractivity contribution is 5.74. The van der Waals surface area contributed by atoms with Gasteiger partial charge in [-0.2, -0.15) is 10.1 Å². The van der Waals surface area contributed by atoms with Gasteiger partial charge < -0.3 is 19.9 Å². The van der Waals surface area contributed by atoms with Crippen molar-refractivity contribution in [2.75, 3.05) is 13.2 Å². The highest BCUT2D eigenvalue weighted by atomic mass is 16.5. The highest BCUT2D eigenvalue weighted by Gasteiger charge is 2.26. The van der Waals surface area contributed by atoms with E-state index in [0.717, 1.165) is 19.4 Å². The molecular weight excluding hydrogens is 314 g/mol. The molecule has 0 aliphatic carbocycles. The Morgan fingerprint density at radius 1 is 1.50 bits per heavy atom. The monoisotopic (exact) mass is 335 g/mol. The van der Waals surface area contributed by atoms with Gasteiger partial charge in [0.05, 0.1) is 6.10 Å². The van der Waals surface area contributed by atoms with Crippen molar-refractivity contribution in [3.8, 4) is 11.6 Å². The van der Waals surface area contributed by atoms with E-state index in [2.05, 4.69) is 36.0 Å². The lowest BCUT2D eigenvalue weighted by atomic mass is 10.0. The minimum atomic E-state index is -0.404. The number of hydrogen-bond donors (Lipinski definition) is 3. The Hall–Kier alpha value is -2.49. The average molecular weight is 335 g/mol. The van der Waals surface area contributed by atoms with Crippen LogP contribution in [0.3, 0.4) is 0 Å². The maximum absolute atomic E-state index is 12.1. The topological polar surface area (TPSA) is 131 Å². The third-order valence-electron chi connectivity index (χ3n) is 3.80. The van der Waals surface area contributed by atoms with E-state index in [0.29, 0.717) is 24.1 Å². The van der Waals surface area contributed by atoms with Gasteiger partial charge in [0.1, 0.15) is 12.4 Å². The van der Waals surface area contributed by atoms with Crippen LogP contribution in [0.5, 0.6) is 0 Å². The zero-order chi connectivity index (χ0) is 16.9. The molecule has 0 aromatic carbocycles. The summed E-state index contributed by atoms with van der Waals surface area (Å²) in [4.78, 5) is 20.4. The van der Waals surface area contributed by atoms with Crippen LogP contribution < -0.4 is 10.6 Å². The number of urea groups is 1. The van der Waals surface area contributed by atoms with E-state index in [1.807, 2.05) is 13.8 Å². The number of carbonyl (C=O) groups is 1. The molecule has 3 rings (SSSR count). The first-order valence-electron chi connectivity index (χ1n) is 7.99. The number of carbonyl (C=O) groups excluding carboxylic acids is 1. The number of hydrogen-bond acceptors (Lipinski definition) is 7. The third kappa shape index (κ3) is 3.88. The van der Waals surface area contributed by atoms with E-state index < -0.39 is 6.04 Å². The fourth-order valence-electron chi connectivity index (χ4n) is 2.49. The number of ether oxygens (including phenoxy) is 1. The molecule has 0 saturated carbocycles. The number of aromatic nitrogens is 5. The van der Waals surface area contributed by atoms with Gasteiger partial charge in [-0.25, -0.2) is 9.78 Å². The lowest BCUT2D eigenvalue weighted by Gasteiger charge is -2.19. The lowest BCUT2D eigenvalue weighted by Crippen LogP contribution is -2.42. The van der Waals surface area contributed by atoms with Crippen LogP contribution >= 0.6 is 0 Å². The van der Waals surface area contributed by atoms with Gasteiger partial charge in [-0.15, -0.1) is 0 Å². The average Bonchev–Trinajstić information content (AvgIpc) is 3.32. The van der Waals surface area contributed by atoms with Gasteiger partial charge in [-0.3, -0.25) is 5.10 Å². The Balaban J connectivity index is 1.60. The van der Waals surface area contributed by atoms with Crippen LogP contribution in [0.15, 0.2) is 10.9 Å². The Morgan fingerprint density at radius 2 is 2.38 bits per heavy atom. The zero-order valence-electron chi connectivity index (χ0n) is 13.7. The third-order valence-corrected chi connectivity index (χ3v) is 3.80. The van der Waals surface area contributed by atoms with Gasteiger partial charge in [0.15, 0.2) is 5.82 Å². The summed E-state index contributed by atoms with van der Waals surface area (Å²) in [6.07, 6.45) is 3.46. The molecule has 0 unspecified atom stereocenters. The fourth-order valence-corrected chi connectivity index (χ4v) is 2.49. The quantitative estimate of drug-likeness (QED) is 0.718. The normalized spacial score (nSPS) is 18.7. The van der Waals surface area contributed by atoms with Crippen molar-refractivity contribution in [2.45, 2.75) is 38.8 Å². The molecule has 2 atom stereocenters. The van der Waals surface area contributed by atoms with Crippen molar-refractivity contribution in [1.82, 2.24) is 36.0 Å². The SMILES string of the molecule is CC(C)[C@H](NC(=O)NC[C@@H]1CCCO1)c1nc(-c2ncn[nH]2)no1. The van der Waals surface area contributed by atoms with Crippen molar-refractivity contribution < 1.29 is 14.1 Å². The smallest absolute Gasteiger partial charge is 0.315 e. The summed E-state index contributed by atoms with van der Waals surface area (Å²) >= 11 is 0. The first kappa shape index (κ1) is 16.4. The number of rotatable bonds is 6. The number of aromatic amines is 1. The first-order chi connectivity index (χ1) is 11.6. The Kier molecular flexibility index (Phi) is 5.04.